The topological polar surface area (TPSA) is 84.3 Å². The van der Waals surface area contributed by atoms with E-state index in [1.807, 2.05) is 44.2 Å². The number of rotatable bonds is 8. The number of para-hydroxylation sites is 2. The highest BCUT2D eigenvalue weighted by molar-refractivity contribution is 5.95. The normalized spacial score (nSPS) is 10.7. The lowest BCUT2D eigenvalue weighted by Gasteiger charge is -2.22. The molecule has 7 nitrogen and oxygen atoms in total. The average Bonchev–Trinajstić information content (AvgIpc) is 2.74. The second-order valence-corrected chi connectivity index (χ2v) is 7.19. The minimum absolute atomic E-state index is 0.0219. The molecule has 3 rings (SSSR count). The van der Waals surface area contributed by atoms with Crippen LogP contribution in [-0.2, 0) is 16.1 Å². The molecule has 0 aliphatic carbocycles. The number of carbonyl (C=O) groups excluding carboxylic acids is 2. The van der Waals surface area contributed by atoms with Crippen molar-refractivity contribution < 1.29 is 9.59 Å². The van der Waals surface area contributed by atoms with Crippen molar-refractivity contribution >= 4 is 28.4 Å². The van der Waals surface area contributed by atoms with Crippen molar-refractivity contribution in [1.82, 2.24) is 14.5 Å². The summed E-state index contributed by atoms with van der Waals surface area (Å²) in [5.74, 6) is -0.410. The molecule has 0 radical (unpaired) electrons. The molecule has 2 amide bonds. The van der Waals surface area contributed by atoms with E-state index in [9.17, 15) is 14.4 Å². The summed E-state index contributed by atoms with van der Waals surface area (Å²) in [5.41, 5.74) is 2.15. The van der Waals surface area contributed by atoms with E-state index in [1.54, 1.807) is 18.2 Å². The van der Waals surface area contributed by atoms with Crippen molar-refractivity contribution in [3.8, 4) is 0 Å². The first-order chi connectivity index (χ1) is 14.5. The summed E-state index contributed by atoms with van der Waals surface area (Å²) >= 11 is 0. The van der Waals surface area contributed by atoms with E-state index in [1.165, 1.54) is 15.8 Å². The van der Waals surface area contributed by atoms with Gasteiger partial charge in [0, 0.05) is 25.2 Å². The van der Waals surface area contributed by atoms with E-state index in [4.69, 9.17) is 0 Å². The van der Waals surface area contributed by atoms with Gasteiger partial charge in [0.25, 0.3) is 5.56 Å². The lowest BCUT2D eigenvalue weighted by Crippen LogP contribution is -2.39. The number of amides is 2. The van der Waals surface area contributed by atoms with E-state index < -0.39 is 0 Å². The zero-order chi connectivity index (χ0) is 21.5. The van der Waals surface area contributed by atoms with Gasteiger partial charge in [-0.25, -0.2) is 4.98 Å². The number of nitrogens with zero attached hydrogens (tertiary/aromatic N) is 3. The van der Waals surface area contributed by atoms with Crippen LogP contribution in [0.25, 0.3) is 10.9 Å². The third-order valence-corrected chi connectivity index (χ3v) is 4.90. The molecule has 2 aromatic carbocycles. The van der Waals surface area contributed by atoms with E-state index in [0.717, 1.165) is 17.7 Å². The van der Waals surface area contributed by atoms with Gasteiger partial charge in [-0.1, -0.05) is 37.3 Å². The van der Waals surface area contributed by atoms with Crippen LogP contribution in [-0.4, -0.2) is 39.4 Å². The first-order valence-corrected chi connectivity index (χ1v) is 10.1. The number of aryl methyl sites for hydroxylation is 2. The quantitative estimate of drug-likeness (QED) is 0.623. The zero-order valence-electron chi connectivity index (χ0n) is 17.3. The SMILES string of the molecule is CCCN(CC(=O)Nc1ccccc1C)C(=O)CCn1cnc2ccccc2c1=O. The fraction of sp³-hybridized carbons (Fsp3) is 0.304. The Balaban J connectivity index is 1.64. The number of anilines is 1. The molecule has 1 heterocycles. The van der Waals surface area contributed by atoms with Gasteiger partial charge in [-0.3, -0.25) is 19.0 Å². The van der Waals surface area contributed by atoms with Crippen LogP contribution in [0.15, 0.2) is 59.7 Å². The molecule has 0 spiro atoms. The van der Waals surface area contributed by atoms with Gasteiger partial charge in [-0.15, -0.1) is 0 Å². The zero-order valence-corrected chi connectivity index (χ0v) is 17.3. The predicted octanol–water partition coefficient (Wildman–Crippen LogP) is 2.97. The van der Waals surface area contributed by atoms with Gasteiger partial charge in [-0.2, -0.15) is 0 Å². The maximum atomic E-state index is 12.7. The number of hydrogen-bond acceptors (Lipinski definition) is 4. The Morgan fingerprint density at radius 3 is 2.60 bits per heavy atom. The van der Waals surface area contributed by atoms with Gasteiger partial charge in [0.15, 0.2) is 0 Å². The standard InChI is InChI=1S/C23H26N4O3/c1-3-13-26(15-21(28)25-19-10-6-4-8-17(19)2)22(29)12-14-27-16-24-20-11-7-5-9-18(20)23(27)30/h4-11,16H,3,12-15H2,1-2H3,(H,25,28). The number of carbonyl (C=O) groups is 2. The smallest absolute Gasteiger partial charge is 0.261 e. The van der Waals surface area contributed by atoms with Crippen molar-refractivity contribution in [1.29, 1.82) is 0 Å². The molecule has 3 aromatic rings. The Hall–Kier alpha value is -3.48. The van der Waals surface area contributed by atoms with Crippen LogP contribution in [0.4, 0.5) is 5.69 Å². The Bertz CT molecular complexity index is 1110. The highest BCUT2D eigenvalue weighted by Gasteiger charge is 2.17. The van der Waals surface area contributed by atoms with Crippen LogP contribution in [0, 0.1) is 6.92 Å². The summed E-state index contributed by atoms with van der Waals surface area (Å²) in [6.45, 7) is 4.54. The molecule has 30 heavy (non-hydrogen) atoms. The molecule has 0 unspecified atom stereocenters. The molecule has 0 saturated heterocycles. The van der Waals surface area contributed by atoms with Crippen molar-refractivity contribution in [3.63, 3.8) is 0 Å². The van der Waals surface area contributed by atoms with Crippen molar-refractivity contribution in [3.05, 3.63) is 70.8 Å². The van der Waals surface area contributed by atoms with E-state index in [2.05, 4.69) is 10.3 Å². The number of fused-ring (bicyclic) bond motifs is 1. The fourth-order valence-corrected chi connectivity index (χ4v) is 3.28. The highest BCUT2D eigenvalue weighted by atomic mass is 16.2. The van der Waals surface area contributed by atoms with Crippen molar-refractivity contribution in [2.75, 3.05) is 18.4 Å². The lowest BCUT2D eigenvalue weighted by molar-refractivity contribution is -0.134. The second-order valence-electron chi connectivity index (χ2n) is 7.19. The van der Waals surface area contributed by atoms with Crippen LogP contribution >= 0.6 is 0 Å². The van der Waals surface area contributed by atoms with Crippen LogP contribution in [0.2, 0.25) is 0 Å². The van der Waals surface area contributed by atoms with E-state index in [0.29, 0.717) is 17.4 Å². The van der Waals surface area contributed by atoms with Crippen molar-refractivity contribution in [2.45, 2.75) is 33.2 Å². The van der Waals surface area contributed by atoms with Crippen LogP contribution in [0.3, 0.4) is 0 Å². The third kappa shape index (κ3) is 5.11. The number of hydrogen-bond donors (Lipinski definition) is 1. The second kappa shape index (κ2) is 9.82. The predicted molar refractivity (Wildman–Crippen MR) is 117 cm³/mol. The van der Waals surface area contributed by atoms with Gasteiger partial charge >= 0.3 is 0 Å². The summed E-state index contributed by atoms with van der Waals surface area (Å²) in [5, 5.41) is 3.38. The molecule has 0 aliphatic heterocycles. The minimum atomic E-state index is -0.240. The van der Waals surface area contributed by atoms with Gasteiger partial charge in [0.1, 0.15) is 0 Å². The maximum absolute atomic E-state index is 12.7. The summed E-state index contributed by atoms with van der Waals surface area (Å²) in [4.78, 5) is 43.6. The maximum Gasteiger partial charge on any atom is 0.261 e. The molecular weight excluding hydrogens is 380 g/mol. The first kappa shape index (κ1) is 21.2. The summed E-state index contributed by atoms with van der Waals surface area (Å²) in [7, 11) is 0. The molecule has 7 heteroatoms. The number of aromatic nitrogens is 2. The minimum Gasteiger partial charge on any atom is -0.333 e. The Morgan fingerprint density at radius 1 is 1.10 bits per heavy atom. The van der Waals surface area contributed by atoms with Gasteiger partial charge in [0.05, 0.1) is 23.8 Å². The molecule has 1 N–H and O–H groups in total. The van der Waals surface area contributed by atoms with Crippen LogP contribution in [0.5, 0.6) is 0 Å². The molecule has 0 saturated carbocycles. The number of benzene rings is 2. The molecule has 0 bridgehead atoms. The van der Waals surface area contributed by atoms with E-state index in [-0.39, 0.29) is 36.9 Å². The summed E-state index contributed by atoms with van der Waals surface area (Å²) in [6, 6.07) is 14.6. The third-order valence-electron chi connectivity index (χ3n) is 4.90. The monoisotopic (exact) mass is 406 g/mol. The lowest BCUT2D eigenvalue weighted by atomic mass is 10.2. The molecule has 0 atom stereocenters. The molecule has 1 aromatic heterocycles. The summed E-state index contributed by atoms with van der Waals surface area (Å²) < 4.78 is 1.44. The van der Waals surface area contributed by atoms with Crippen molar-refractivity contribution in [2.24, 2.45) is 0 Å². The Morgan fingerprint density at radius 2 is 1.83 bits per heavy atom. The largest absolute Gasteiger partial charge is 0.333 e. The molecular formula is C23H26N4O3. The number of nitrogens with one attached hydrogen (secondary N) is 1. The average molecular weight is 406 g/mol. The molecule has 156 valence electrons. The van der Waals surface area contributed by atoms with Crippen LogP contribution < -0.4 is 10.9 Å². The van der Waals surface area contributed by atoms with Gasteiger partial charge < -0.3 is 10.2 Å². The molecule has 0 fully saturated rings. The fourth-order valence-electron chi connectivity index (χ4n) is 3.28. The van der Waals surface area contributed by atoms with Crippen LogP contribution in [0.1, 0.15) is 25.3 Å². The first-order valence-electron chi connectivity index (χ1n) is 10.1. The van der Waals surface area contributed by atoms with Gasteiger partial charge in [-0.05, 0) is 37.1 Å². The Kier molecular flexibility index (Phi) is 6.95. The Labute approximate surface area is 175 Å². The molecule has 0 aliphatic rings. The highest BCUT2D eigenvalue weighted by Crippen LogP contribution is 2.13. The summed E-state index contributed by atoms with van der Waals surface area (Å²) in [6.07, 6.45) is 2.32. The van der Waals surface area contributed by atoms with E-state index >= 15 is 0 Å². The van der Waals surface area contributed by atoms with Gasteiger partial charge in [0.2, 0.25) is 11.8 Å².